The zero-order chi connectivity index (χ0) is 22.5. The van der Waals surface area contributed by atoms with Crippen LogP contribution >= 0.6 is 24.0 Å². The van der Waals surface area contributed by atoms with E-state index >= 15 is 0 Å². The van der Waals surface area contributed by atoms with Gasteiger partial charge in [-0.3, -0.25) is 0 Å². The number of aliphatic imine (C=N–C) groups is 1. The van der Waals surface area contributed by atoms with Crippen molar-refractivity contribution < 1.29 is 24.1 Å². The fourth-order valence-corrected chi connectivity index (χ4v) is 2.81. The number of guanidine groups is 1. The topological polar surface area (TPSA) is 93.6 Å². The summed E-state index contributed by atoms with van der Waals surface area (Å²) < 4.78 is 21.3. The number of benzene rings is 2. The molecule has 0 heterocycles. The monoisotopic (exact) mass is 559 g/mol. The molecule has 3 N–H and O–H groups in total. The second-order valence-corrected chi connectivity index (χ2v) is 6.73. The molecule has 0 aliphatic rings. The summed E-state index contributed by atoms with van der Waals surface area (Å²) in [5, 5.41) is 17.1. The summed E-state index contributed by atoms with van der Waals surface area (Å²) in [7, 11) is 4.82. The number of anilines is 1. The lowest BCUT2D eigenvalue weighted by molar-refractivity contribution is 0.172. The van der Waals surface area contributed by atoms with E-state index in [9.17, 15) is 5.11 Å². The van der Waals surface area contributed by atoms with Gasteiger partial charge >= 0.3 is 0 Å². The van der Waals surface area contributed by atoms with Crippen LogP contribution in [0.4, 0.5) is 5.69 Å². The zero-order valence-electron chi connectivity index (χ0n) is 19.1. The average molecular weight is 559 g/mol. The molecule has 8 nitrogen and oxygen atoms in total. The molecule has 1 atom stereocenters. The Balaban J connectivity index is 0.00000512. The molecule has 2 aromatic rings. The van der Waals surface area contributed by atoms with Gasteiger partial charge in [-0.05, 0) is 36.8 Å². The van der Waals surface area contributed by atoms with Crippen LogP contribution in [0.2, 0.25) is 0 Å². The van der Waals surface area contributed by atoms with Gasteiger partial charge in [0.1, 0.15) is 17.2 Å². The molecule has 0 amide bonds. The van der Waals surface area contributed by atoms with Gasteiger partial charge in [0.05, 0.1) is 33.5 Å². The van der Waals surface area contributed by atoms with Crippen LogP contribution in [0.15, 0.2) is 47.5 Å². The van der Waals surface area contributed by atoms with Crippen molar-refractivity contribution in [1.82, 2.24) is 5.32 Å². The van der Waals surface area contributed by atoms with Crippen molar-refractivity contribution in [3.05, 3.63) is 48.0 Å². The Bertz CT molecular complexity index is 813. The van der Waals surface area contributed by atoms with Gasteiger partial charge in [0.15, 0.2) is 5.96 Å². The molecule has 0 bridgehead atoms. The fourth-order valence-electron chi connectivity index (χ4n) is 2.81. The molecule has 2 rings (SSSR count). The third-order valence-electron chi connectivity index (χ3n) is 4.38. The number of nitrogens with one attached hydrogen (secondary N) is 2. The largest absolute Gasteiger partial charge is 0.497 e. The van der Waals surface area contributed by atoms with Crippen molar-refractivity contribution >= 4 is 35.6 Å². The maximum atomic E-state index is 10.6. The van der Waals surface area contributed by atoms with Gasteiger partial charge < -0.3 is 34.7 Å². The molecule has 0 saturated heterocycles. The van der Waals surface area contributed by atoms with E-state index in [0.717, 1.165) is 17.9 Å². The minimum atomic E-state index is -0.810. The van der Waals surface area contributed by atoms with E-state index in [1.807, 2.05) is 31.2 Å². The number of hydrogen-bond acceptors (Lipinski definition) is 6. The SMILES string of the molecule is CCNC(=NCC(O)c1cc(OC)cc(OC)c1)Nc1cccc(OCCCOC)c1.I. The smallest absolute Gasteiger partial charge is 0.195 e. The highest BCUT2D eigenvalue weighted by molar-refractivity contribution is 14.0. The minimum Gasteiger partial charge on any atom is -0.497 e. The molecular weight excluding hydrogens is 525 g/mol. The van der Waals surface area contributed by atoms with Crippen molar-refractivity contribution in [3.8, 4) is 17.2 Å². The predicted molar refractivity (Wildman–Crippen MR) is 138 cm³/mol. The second-order valence-electron chi connectivity index (χ2n) is 6.73. The van der Waals surface area contributed by atoms with Crippen LogP contribution in [0.5, 0.6) is 17.2 Å². The van der Waals surface area contributed by atoms with E-state index in [4.69, 9.17) is 18.9 Å². The Kier molecular flexibility index (Phi) is 13.5. The standard InChI is InChI=1S/C23H33N3O5.HI/c1-5-24-23(26-18-8-6-9-19(14-18)31-11-7-10-28-2)25-16-22(27)17-12-20(29-3)15-21(13-17)30-4;/h6,8-9,12-15,22,27H,5,7,10-11,16H2,1-4H3,(H2,24,25,26);1H. The second kappa shape index (κ2) is 15.5. The van der Waals surface area contributed by atoms with Gasteiger partial charge in [-0.15, -0.1) is 24.0 Å². The number of methoxy groups -OCH3 is 3. The first-order valence-corrected chi connectivity index (χ1v) is 10.3. The summed E-state index contributed by atoms with van der Waals surface area (Å²) in [5.41, 5.74) is 1.50. The number of nitrogens with zero attached hydrogens (tertiary/aromatic N) is 1. The maximum absolute atomic E-state index is 10.6. The van der Waals surface area contributed by atoms with E-state index in [0.29, 0.717) is 42.8 Å². The molecule has 0 aromatic heterocycles. The predicted octanol–water partition coefficient (Wildman–Crippen LogP) is 3.85. The molecule has 0 saturated carbocycles. The van der Waals surface area contributed by atoms with Crippen LogP contribution in [0.1, 0.15) is 25.0 Å². The Morgan fingerprint density at radius 2 is 1.72 bits per heavy atom. The fraction of sp³-hybridized carbons (Fsp3) is 0.435. The molecule has 9 heteroatoms. The van der Waals surface area contributed by atoms with Gasteiger partial charge in [0, 0.05) is 44.5 Å². The van der Waals surface area contributed by atoms with E-state index < -0.39 is 6.10 Å². The van der Waals surface area contributed by atoms with Gasteiger partial charge in [-0.25, -0.2) is 4.99 Å². The van der Waals surface area contributed by atoms with Crippen molar-refractivity contribution in [2.75, 3.05) is 52.9 Å². The number of aliphatic hydroxyl groups is 1. The number of hydrogen-bond donors (Lipinski definition) is 3. The maximum Gasteiger partial charge on any atom is 0.195 e. The van der Waals surface area contributed by atoms with Crippen molar-refractivity contribution in [2.24, 2.45) is 4.99 Å². The van der Waals surface area contributed by atoms with Crippen LogP contribution in [0.3, 0.4) is 0 Å². The highest BCUT2D eigenvalue weighted by Crippen LogP contribution is 2.26. The Morgan fingerprint density at radius 1 is 1.00 bits per heavy atom. The molecule has 2 aromatic carbocycles. The number of rotatable bonds is 12. The van der Waals surface area contributed by atoms with Crippen molar-refractivity contribution in [1.29, 1.82) is 0 Å². The molecule has 0 fully saturated rings. The minimum absolute atomic E-state index is 0. The highest BCUT2D eigenvalue weighted by atomic mass is 127. The Morgan fingerprint density at radius 3 is 2.34 bits per heavy atom. The number of halogens is 1. The summed E-state index contributed by atoms with van der Waals surface area (Å²) in [6, 6.07) is 13.0. The molecule has 0 aliphatic carbocycles. The lowest BCUT2D eigenvalue weighted by atomic mass is 10.1. The quantitative estimate of drug-likeness (QED) is 0.158. The van der Waals surface area contributed by atoms with Crippen LogP contribution in [-0.4, -0.2) is 58.7 Å². The summed E-state index contributed by atoms with van der Waals surface area (Å²) >= 11 is 0. The molecule has 0 aliphatic heterocycles. The lowest BCUT2D eigenvalue weighted by Crippen LogP contribution is -2.31. The molecule has 0 radical (unpaired) electrons. The summed E-state index contributed by atoms with van der Waals surface area (Å²) in [5.74, 6) is 2.56. The van der Waals surface area contributed by atoms with Crippen molar-refractivity contribution in [2.45, 2.75) is 19.4 Å². The Hall–Kier alpha value is -2.24. The van der Waals surface area contributed by atoms with E-state index in [1.54, 1.807) is 39.5 Å². The molecule has 32 heavy (non-hydrogen) atoms. The summed E-state index contributed by atoms with van der Waals surface area (Å²) in [6.07, 6.45) is 0.0143. The summed E-state index contributed by atoms with van der Waals surface area (Å²) in [4.78, 5) is 4.52. The van der Waals surface area contributed by atoms with E-state index in [-0.39, 0.29) is 30.5 Å². The van der Waals surface area contributed by atoms with Crippen LogP contribution < -0.4 is 24.8 Å². The molecule has 178 valence electrons. The molecule has 1 unspecified atom stereocenters. The van der Waals surface area contributed by atoms with Crippen LogP contribution in [0, 0.1) is 0 Å². The van der Waals surface area contributed by atoms with Gasteiger partial charge in [0.25, 0.3) is 0 Å². The zero-order valence-corrected chi connectivity index (χ0v) is 21.4. The Labute approximate surface area is 207 Å². The third-order valence-corrected chi connectivity index (χ3v) is 4.38. The van der Waals surface area contributed by atoms with Crippen LogP contribution in [-0.2, 0) is 4.74 Å². The van der Waals surface area contributed by atoms with Crippen molar-refractivity contribution in [3.63, 3.8) is 0 Å². The first-order chi connectivity index (χ1) is 15.1. The number of ether oxygens (including phenoxy) is 4. The van der Waals surface area contributed by atoms with Gasteiger partial charge in [-0.2, -0.15) is 0 Å². The molecule has 0 spiro atoms. The average Bonchev–Trinajstić information content (AvgIpc) is 2.80. The first-order valence-electron chi connectivity index (χ1n) is 10.3. The van der Waals surface area contributed by atoms with Gasteiger partial charge in [-0.1, -0.05) is 6.07 Å². The lowest BCUT2D eigenvalue weighted by Gasteiger charge is -2.15. The van der Waals surface area contributed by atoms with Crippen LogP contribution in [0.25, 0.3) is 0 Å². The molecular formula is C23H34IN3O5. The normalized spacial score (nSPS) is 11.8. The third kappa shape index (κ3) is 9.49. The number of aliphatic hydroxyl groups excluding tert-OH is 1. The van der Waals surface area contributed by atoms with E-state index in [1.165, 1.54) is 0 Å². The van der Waals surface area contributed by atoms with E-state index in [2.05, 4.69) is 15.6 Å². The first kappa shape index (κ1) is 27.8. The van der Waals surface area contributed by atoms with Gasteiger partial charge in [0.2, 0.25) is 0 Å². The highest BCUT2D eigenvalue weighted by Gasteiger charge is 2.11. The summed E-state index contributed by atoms with van der Waals surface area (Å²) in [6.45, 7) is 4.08.